The number of carbonyl (C=O) groups excluding carboxylic acids is 4. The third kappa shape index (κ3) is 10.4. The highest BCUT2D eigenvalue weighted by Crippen LogP contribution is 2.06. The van der Waals surface area contributed by atoms with E-state index in [-0.39, 0.29) is 32.1 Å². The second kappa shape index (κ2) is 14.0. The van der Waals surface area contributed by atoms with Crippen LogP contribution in [0.3, 0.4) is 0 Å². The van der Waals surface area contributed by atoms with Crippen molar-refractivity contribution in [1.29, 1.82) is 0 Å². The Bertz CT molecular complexity index is 725. The summed E-state index contributed by atoms with van der Waals surface area (Å²) >= 11 is 0. The Kier molecular flexibility index (Phi) is 11.7. The van der Waals surface area contributed by atoms with Crippen LogP contribution in [0.15, 0.2) is 30.3 Å². The number of nitrogens with one attached hydrogen (secondary N) is 3. The van der Waals surface area contributed by atoms with E-state index in [1.165, 1.54) is 0 Å². The van der Waals surface area contributed by atoms with Gasteiger partial charge in [0, 0.05) is 0 Å². The highest BCUT2D eigenvalue weighted by molar-refractivity contribution is 5.92. The molecule has 10 heteroatoms. The van der Waals surface area contributed by atoms with Gasteiger partial charge in [-0.1, -0.05) is 44.2 Å². The molecule has 0 bridgehead atoms. The molecule has 0 saturated carbocycles. The van der Waals surface area contributed by atoms with Crippen molar-refractivity contribution in [2.75, 3.05) is 19.8 Å². The van der Waals surface area contributed by atoms with Crippen LogP contribution in [0.2, 0.25) is 0 Å². The number of aliphatic hydroxyl groups is 1. The van der Waals surface area contributed by atoms with E-state index in [2.05, 4.69) is 16.0 Å². The van der Waals surface area contributed by atoms with Crippen LogP contribution in [0.25, 0.3) is 0 Å². The lowest BCUT2D eigenvalue weighted by atomic mass is 10.0. The van der Waals surface area contributed by atoms with Crippen molar-refractivity contribution in [1.82, 2.24) is 16.0 Å². The Labute approximate surface area is 181 Å². The first-order valence-electron chi connectivity index (χ1n) is 10.1. The second-order valence-electron chi connectivity index (χ2n) is 7.15. The van der Waals surface area contributed by atoms with Gasteiger partial charge >= 0.3 is 12.1 Å². The third-order valence-electron chi connectivity index (χ3n) is 4.06. The fraction of sp³-hybridized carbons (Fsp3) is 0.524. The van der Waals surface area contributed by atoms with Gasteiger partial charge in [0.15, 0.2) is 0 Å². The second-order valence-corrected chi connectivity index (χ2v) is 7.15. The highest BCUT2D eigenvalue weighted by Gasteiger charge is 2.27. The summed E-state index contributed by atoms with van der Waals surface area (Å²) in [6.07, 6.45) is -0.595. The molecule has 1 aromatic rings. The molecule has 3 amide bonds. The SMILES string of the molecule is CCOC(=O)CNC(=O)[C@H](CC(C)C)NC(=O)[C@H](CO)NC(=O)OCc1ccccc1. The van der Waals surface area contributed by atoms with Crippen molar-refractivity contribution in [3.8, 4) is 0 Å². The Morgan fingerprint density at radius 3 is 2.23 bits per heavy atom. The Hall–Kier alpha value is -3.14. The Balaban J connectivity index is 2.63. The lowest BCUT2D eigenvalue weighted by molar-refractivity contribution is -0.143. The normalized spacial score (nSPS) is 12.4. The number of esters is 1. The molecule has 1 rings (SSSR count). The summed E-state index contributed by atoms with van der Waals surface area (Å²) in [4.78, 5) is 48.3. The van der Waals surface area contributed by atoms with Crippen molar-refractivity contribution in [3.63, 3.8) is 0 Å². The smallest absolute Gasteiger partial charge is 0.408 e. The molecular formula is C21H31N3O7. The van der Waals surface area contributed by atoms with Crippen LogP contribution < -0.4 is 16.0 Å². The zero-order valence-corrected chi connectivity index (χ0v) is 18.1. The van der Waals surface area contributed by atoms with Gasteiger partial charge in [-0.15, -0.1) is 0 Å². The molecule has 0 aromatic heterocycles. The molecular weight excluding hydrogens is 406 g/mol. The molecule has 2 atom stereocenters. The molecule has 0 aliphatic heterocycles. The standard InChI is InChI=1S/C21H31N3O7/c1-4-30-18(26)11-22-19(27)16(10-14(2)3)23-20(28)17(12-25)24-21(29)31-13-15-8-6-5-7-9-15/h5-9,14,16-17,25H,4,10-13H2,1-3H3,(H,22,27)(H,23,28)(H,24,29)/t16-,17-/m0/s1. The number of benzene rings is 1. The van der Waals surface area contributed by atoms with Crippen molar-refractivity contribution < 1.29 is 33.8 Å². The lowest BCUT2D eigenvalue weighted by Gasteiger charge is -2.23. The van der Waals surface area contributed by atoms with Gasteiger partial charge in [-0.05, 0) is 24.8 Å². The minimum atomic E-state index is -1.31. The van der Waals surface area contributed by atoms with E-state index in [9.17, 15) is 24.3 Å². The van der Waals surface area contributed by atoms with Gasteiger partial charge < -0.3 is 30.5 Å². The van der Waals surface area contributed by atoms with Crippen LogP contribution in [0.1, 0.15) is 32.8 Å². The molecule has 0 aliphatic rings. The summed E-state index contributed by atoms with van der Waals surface area (Å²) in [6.45, 7) is 4.54. The van der Waals surface area contributed by atoms with Gasteiger partial charge in [-0.2, -0.15) is 0 Å². The first-order valence-corrected chi connectivity index (χ1v) is 10.1. The zero-order valence-electron chi connectivity index (χ0n) is 18.1. The third-order valence-corrected chi connectivity index (χ3v) is 4.06. The average molecular weight is 437 g/mol. The molecule has 0 unspecified atom stereocenters. The summed E-state index contributed by atoms with van der Waals surface area (Å²) in [5, 5.41) is 16.7. The molecule has 31 heavy (non-hydrogen) atoms. The van der Waals surface area contributed by atoms with E-state index in [0.29, 0.717) is 0 Å². The van der Waals surface area contributed by atoms with E-state index >= 15 is 0 Å². The number of alkyl carbamates (subject to hydrolysis) is 1. The van der Waals surface area contributed by atoms with E-state index in [1.807, 2.05) is 19.9 Å². The summed E-state index contributed by atoms with van der Waals surface area (Å²) in [5.74, 6) is -1.87. The average Bonchev–Trinajstić information content (AvgIpc) is 2.74. The van der Waals surface area contributed by atoms with Crippen molar-refractivity contribution in [2.24, 2.45) is 5.92 Å². The Morgan fingerprint density at radius 2 is 1.65 bits per heavy atom. The molecule has 0 fully saturated rings. The van der Waals surface area contributed by atoms with Gasteiger partial charge in [0.05, 0.1) is 13.2 Å². The summed E-state index contributed by atoms with van der Waals surface area (Å²) in [6, 6.07) is 6.69. The fourth-order valence-corrected chi connectivity index (χ4v) is 2.57. The van der Waals surface area contributed by atoms with E-state index in [0.717, 1.165) is 5.56 Å². The molecule has 4 N–H and O–H groups in total. The lowest BCUT2D eigenvalue weighted by Crippen LogP contribution is -2.55. The number of carbonyl (C=O) groups is 4. The quantitative estimate of drug-likeness (QED) is 0.348. The van der Waals surface area contributed by atoms with Crippen LogP contribution in [-0.2, 0) is 30.5 Å². The molecule has 0 radical (unpaired) electrons. The molecule has 0 spiro atoms. The van der Waals surface area contributed by atoms with Gasteiger partial charge in [0.1, 0.15) is 25.2 Å². The van der Waals surface area contributed by atoms with Gasteiger partial charge in [0.25, 0.3) is 0 Å². The maximum Gasteiger partial charge on any atom is 0.408 e. The monoisotopic (exact) mass is 437 g/mol. The van der Waals surface area contributed by atoms with E-state index < -0.39 is 42.6 Å². The molecule has 0 heterocycles. The predicted octanol–water partition coefficient (Wildman–Crippen LogP) is 0.484. The number of hydrogen-bond acceptors (Lipinski definition) is 7. The number of aliphatic hydroxyl groups excluding tert-OH is 1. The van der Waals surface area contributed by atoms with Gasteiger partial charge in [-0.25, -0.2) is 4.79 Å². The minimum Gasteiger partial charge on any atom is -0.465 e. The molecule has 1 aromatic carbocycles. The van der Waals surface area contributed by atoms with Crippen molar-refractivity contribution >= 4 is 23.9 Å². The summed E-state index contributed by atoms with van der Waals surface area (Å²) < 4.78 is 9.80. The number of rotatable bonds is 12. The van der Waals surface area contributed by atoms with E-state index in [4.69, 9.17) is 9.47 Å². The zero-order chi connectivity index (χ0) is 23.2. The fourth-order valence-electron chi connectivity index (χ4n) is 2.57. The minimum absolute atomic E-state index is 0.00131. The highest BCUT2D eigenvalue weighted by atomic mass is 16.5. The van der Waals surface area contributed by atoms with Crippen LogP contribution in [-0.4, -0.2) is 60.8 Å². The van der Waals surface area contributed by atoms with Gasteiger partial charge in [0.2, 0.25) is 11.8 Å². The van der Waals surface area contributed by atoms with E-state index in [1.54, 1.807) is 31.2 Å². The Morgan fingerprint density at radius 1 is 0.968 bits per heavy atom. The van der Waals surface area contributed by atoms with Gasteiger partial charge in [-0.3, -0.25) is 14.4 Å². The predicted molar refractivity (Wildman–Crippen MR) is 112 cm³/mol. The first kappa shape index (κ1) is 25.9. The van der Waals surface area contributed by atoms with Crippen LogP contribution in [0, 0.1) is 5.92 Å². The summed E-state index contributed by atoms with van der Waals surface area (Å²) in [5.41, 5.74) is 0.762. The number of ether oxygens (including phenoxy) is 2. The van der Waals surface area contributed by atoms with Crippen LogP contribution >= 0.6 is 0 Å². The van der Waals surface area contributed by atoms with Crippen LogP contribution in [0.5, 0.6) is 0 Å². The van der Waals surface area contributed by atoms with Crippen molar-refractivity contribution in [2.45, 2.75) is 45.9 Å². The maximum absolute atomic E-state index is 12.5. The number of hydrogen-bond donors (Lipinski definition) is 4. The molecule has 172 valence electrons. The number of amides is 3. The first-order chi connectivity index (χ1) is 14.8. The largest absolute Gasteiger partial charge is 0.465 e. The van der Waals surface area contributed by atoms with Crippen LogP contribution in [0.4, 0.5) is 4.79 Å². The molecule has 0 saturated heterocycles. The molecule has 10 nitrogen and oxygen atoms in total. The van der Waals surface area contributed by atoms with Crippen molar-refractivity contribution in [3.05, 3.63) is 35.9 Å². The summed E-state index contributed by atoms with van der Waals surface area (Å²) in [7, 11) is 0. The molecule has 0 aliphatic carbocycles. The maximum atomic E-state index is 12.5. The topological polar surface area (TPSA) is 143 Å².